The van der Waals surface area contributed by atoms with Crippen molar-refractivity contribution in [2.75, 3.05) is 13.1 Å². The lowest BCUT2D eigenvalue weighted by atomic mass is 10.3. The zero-order chi connectivity index (χ0) is 9.26. The van der Waals surface area contributed by atoms with Crippen LogP contribution in [0.15, 0.2) is 11.4 Å². The molecule has 1 aromatic heterocycles. The summed E-state index contributed by atoms with van der Waals surface area (Å²) in [6.45, 7) is 2.22. The highest BCUT2D eigenvalue weighted by molar-refractivity contribution is 7.10. The Balaban J connectivity index is 2.06. The molecule has 0 bridgehead atoms. The van der Waals surface area contributed by atoms with Crippen LogP contribution in [0.3, 0.4) is 0 Å². The summed E-state index contributed by atoms with van der Waals surface area (Å²) in [5.41, 5.74) is 6.29. The third kappa shape index (κ3) is 1.47. The fraction of sp³-hybridized carbons (Fsp3) is 0.444. The molecule has 0 aliphatic carbocycles. The van der Waals surface area contributed by atoms with E-state index in [9.17, 15) is 4.79 Å². The number of thiophene rings is 1. The van der Waals surface area contributed by atoms with Gasteiger partial charge in [-0.15, -0.1) is 11.3 Å². The van der Waals surface area contributed by atoms with E-state index in [2.05, 4.69) is 0 Å². The van der Waals surface area contributed by atoms with Crippen LogP contribution >= 0.6 is 11.3 Å². The van der Waals surface area contributed by atoms with Crippen molar-refractivity contribution in [2.24, 2.45) is 5.73 Å². The quantitative estimate of drug-likeness (QED) is 0.785. The monoisotopic (exact) mass is 196 g/mol. The van der Waals surface area contributed by atoms with E-state index in [0.717, 1.165) is 25.1 Å². The van der Waals surface area contributed by atoms with Gasteiger partial charge in [0.1, 0.15) is 0 Å². The lowest BCUT2D eigenvalue weighted by Crippen LogP contribution is -2.26. The standard InChI is InChI=1S/C9H12N2OS/c10-3-1-4-11-6-8-7(9(11)12)2-5-13-8/h2,5H,1,3-4,6,10H2. The van der Waals surface area contributed by atoms with Crippen molar-refractivity contribution in [2.45, 2.75) is 13.0 Å². The molecule has 2 heterocycles. The maximum absolute atomic E-state index is 11.7. The van der Waals surface area contributed by atoms with Gasteiger partial charge in [-0.1, -0.05) is 0 Å². The number of nitrogens with two attached hydrogens (primary N) is 1. The maximum atomic E-state index is 11.7. The summed E-state index contributed by atoms with van der Waals surface area (Å²) in [6.07, 6.45) is 0.890. The van der Waals surface area contributed by atoms with Gasteiger partial charge in [0.25, 0.3) is 5.91 Å². The van der Waals surface area contributed by atoms with Crippen molar-refractivity contribution in [3.8, 4) is 0 Å². The Morgan fingerprint density at radius 2 is 2.46 bits per heavy atom. The smallest absolute Gasteiger partial charge is 0.255 e. The van der Waals surface area contributed by atoms with Crippen molar-refractivity contribution in [1.29, 1.82) is 0 Å². The van der Waals surface area contributed by atoms with Crippen molar-refractivity contribution < 1.29 is 4.79 Å². The molecule has 1 aromatic rings. The summed E-state index contributed by atoms with van der Waals surface area (Å²) in [7, 11) is 0. The van der Waals surface area contributed by atoms with E-state index < -0.39 is 0 Å². The molecule has 0 saturated carbocycles. The molecule has 0 radical (unpaired) electrons. The molecule has 0 aromatic carbocycles. The number of fused-ring (bicyclic) bond motifs is 1. The lowest BCUT2D eigenvalue weighted by molar-refractivity contribution is 0.0778. The third-order valence-corrected chi connectivity index (χ3v) is 3.14. The molecule has 0 atom stereocenters. The van der Waals surface area contributed by atoms with Crippen LogP contribution < -0.4 is 5.73 Å². The number of amides is 1. The minimum absolute atomic E-state index is 0.171. The topological polar surface area (TPSA) is 46.3 Å². The average molecular weight is 196 g/mol. The van der Waals surface area contributed by atoms with E-state index in [1.165, 1.54) is 4.88 Å². The molecule has 2 N–H and O–H groups in total. The lowest BCUT2D eigenvalue weighted by Gasteiger charge is -2.14. The van der Waals surface area contributed by atoms with E-state index in [1.54, 1.807) is 11.3 Å². The van der Waals surface area contributed by atoms with Crippen LogP contribution in [0.4, 0.5) is 0 Å². The Bertz CT molecular complexity index is 321. The molecule has 1 aliphatic heterocycles. The summed E-state index contributed by atoms with van der Waals surface area (Å²) < 4.78 is 0. The largest absolute Gasteiger partial charge is 0.333 e. The van der Waals surface area contributed by atoms with E-state index in [0.29, 0.717) is 6.54 Å². The highest BCUT2D eigenvalue weighted by atomic mass is 32.1. The molecular weight excluding hydrogens is 184 g/mol. The Hall–Kier alpha value is -0.870. The van der Waals surface area contributed by atoms with Gasteiger partial charge in [-0.05, 0) is 24.4 Å². The van der Waals surface area contributed by atoms with Crippen LogP contribution in [0.25, 0.3) is 0 Å². The summed E-state index contributed by atoms with van der Waals surface area (Å²) in [5.74, 6) is 0.171. The molecule has 3 nitrogen and oxygen atoms in total. The van der Waals surface area contributed by atoms with Gasteiger partial charge in [0.2, 0.25) is 0 Å². The van der Waals surface area contributed by atoms with Crippen LogP contribution in [-0.4, -0.2) is 23.9 Å². The second kappa shape index (κ2) is 3.47. The molecule has 0 fully saturated rings. The fourth-order valence-corrected chi connectivity index (χ4v) is 2.41. The minimum Gasteiger partial charge on any atom is -0.333 e. The molecule has 0 spiro atoms. The predicted octanol–water partition coefficient (Wildman–Crippen LogP) is 1.05. The second-order valence-electron chi connectivity index (χ2n) is 3.13. The average Bonchev–Trinajstić information content (AvgIpc) is 2.67. The van der Waals surface area contributed by atoms with Crippen LogP contribution in [0, 0.1) is 0 Å². The van der Waals surface area contributed by atoms with Gasteiger partial charge in [0.15, 0.2) is 0 Å². The number of carbonyl (C=O) groups is 1. The molecule has 70 valence electrons. The van der Waals surface area contributed by atoms with E-state index in [4.69, 9.17) is 5.73 Å². The molecule has 0 unspecified atom stereocenters. The highest BCUT2D eigenvalue weighted by Gasteiger charge is 2.27. The fourth-order valence-electron chi connectivity index (χ4n) is 1.53. The van der Waals surface area contributed by atoms with Crippen LogP contribution in [0.5, 0.6) is 0 Å². The summed E-state index contributed by atoms with van der Waals surface area (Å²) in [6, 6.07) is 1.91. The van der Waals surface area contributed by atoms with Gasteiger partial charge in [0.05, 0.1) is 12.1 Å². The first-order chi connectivity index (χ1) is 6.33. The molecule has 1 amide bonds. The van der Waals surface area contributed by atoms with Gasteiger partial charge in [-0.3, -0.25) is 4.79 Å². The number of nitrogens with zero attached hydrogens (tertiary/aromatic N) is 1. The first-order valence-corrected chi connectivity index (χ1v) is 5.26. The number of hydrogen-bond acceptors (Lipinski definition) is 3. The molecule has 4 heteroatoms. The van der Waals surface area contributed by atoms with Crippen LogP contribution in [0.2, 0.25) is 0 Å². The highest BCUT2D eigenvalue weighted by Crippen LogP contribution is 2.27. The van der Waals surface area contributed by atoms with E-state index in [-0.39, 0.29) is 5.91 Å². The Morgan fingerprint density at radius 1 is 1.62 bits per heavy atom. The predicted molar refractivity (Wildman–Crippen MR) is 52.7 cm³/mol. The summed E-state index contributed by atoms with van der Waals surface area (Å²) in [4.78, 5) is 14.7. The zero-order valence-corrected chi connectivity index (χ0v) is 8.14. The molecule has 13 heavy (non-hydrogen) atoms. The van der Waals surface area contributed by atoms with Crippen molar-refractivity contribution in [3.05, 3.63) is 21.9 Å². The van der Waals surface area contributed by atoms with E-state index in [1.807, 2.05) is 16.3 Å². The molecule has 1 aliphatic rings. The van der Waals surface area contributed by atoms with Crippen LogP contribution in [-0.2, 0) is 6.54 Å². The molecular formula is C9H12N2OS. The number of carbonyl (C=O) groups excluding carboxylic acids is 1. The minimum atomic E-state index is 0.171. The first kappa shape index (κ1) is 8.72. The molecule has 2 rings (SSSR count). The van der Waals surface area contributed by atoms with Gasteiger partial charge in [-0.25, -0.2) is 0 Å². The zero-order valence-electron chi connectivity index (χ0n) is 7.32. The number of hydrogen-bond donors (Lipinski definition) is 1. The normalized spacial score (nSPS) is 15.2. The van der Waals surface area contributed by atoms with Crippen molar-refractivity contribution in [1.82, 2.24) is 4.90 Å². The SMILES string of the molecule is NCCCN1Cc2sccc2C1=O. The summed E-state index contributed by atoms with van der Waals surface area (Å²) >= 11 is 1.66. The van der Waals surface area contributed by atoms with Crippen molar-refractivity contribution in [3.63, 3.8) is 0 Å². The maximum Gasteiger partial charge on any atom is 0.255 e. The Morgan fingerprint density at radius 3 is 3.15 bits per heavy atom. The van der Waals surface area contributed by atoms with Gasteiger partial charge < -0.3 is 10.6 Å². The summed E-state index contributed by atoms with van der Waals surface area (Å²) in [5, 5.41) is 1.98. The van der Waals surface area contributed by atoms with Gasteiger partial charge in [-0.2, -0.15) is 0 Å². The van der Waals surface area contributed by atoms with Crippen LogP contribution in [0.1, 0.15) is 21.7 Å². The second-order valence-corrected chi connectivity index (χ2v) is 4.13. The molecule has 0 saturated heterocycles. The first-order valence-electron chi connectivity index (χ1n) is 4.38. The Kier molecular flexibility index (Phi) is 2.33. The number of rotatable bonds is 3. The van der Waals surface area contributed by atoms with Gasteiger partial charge >= 0.3 is 0 Å². The van der Waals surface area contributed by atoms with E-state index >= 15 is 0 Å². The Labute approximate surface area is 81.2 Å². The van der Waals surface area contributed by atoms with Crippen molar-refractivity contribution >= 4 is 17.2 Å². The van der Waals surface area contributed by atoms with Gasteiger partial charge in [0, 0.05) is 11.4 Å². The third-order valence-electron chi connectivity index (χ3n) is 2.23.